The number of aryl methyl sites for hydroxylation is 2. The summed E-state index contributed by atoms with van der Waals surface area (Å²) in [6.07, 6.45) is 0. The van der Waals surface area contributed by atoms with Gasteiger partial charge in [-0.25, -0.2) is 4.79 Å². The summed E-state index contributed by atoms with van der Waals surface area (Å²) in [5, 5.41) is 2.00. The number of esters is 1. The maximum atomic E-state index is 11.8. The molecule has 0 atom stereocenters. The van der Waals surface area contributed by atoms with E-state index in [2.05, 4.69) is 26.0 Å². The Morgan fingerprint density at radius 1 is 1.17 bits per heavy atom. The monoisotopic (exact) mass is 260 g/mol. The molecule has 0 spiro atoms. The molecule has 3 heteroatoms. The first-order chi connectivity index (χ1) is 8.56. The summed E-state index contributed by atoms with van der Waals surface area (Å²) < 4.78 is 4.85. The van der Waals surface area contributed by atoms with Crippen LogP contribution in [0.3, 0.4) is 0 Å². The summed E-state index contributed by atoms with van der Waals surface area (Å²) in [6, 6.07) is 6.16. The average Bonchev–Trinajstić information content (AvgIpc) is 2.74. The van der Waals surface area contributed by atoms with Crippen LogP contribution in [0.25, 0.3) is 11.1 Å². The zero-order valence-electron chi connectivity index (χ0n) is 11.0. The van der Waals surface area contributed by atoms with Crippen molar-refractivity contribution in [1.29, 1.82) is 0 Å². The lowest BCUT2D eigenvalue weighted by Crippen LogP contribution is -2.01. The Morgan fingerprint density at radius 2 is 1.89 bits per heavy atom. The molecular formula is C15H16O2S. The number of rotatable bonds is 2. The maximum Gasteiger partial charge on any atom is 0.348 e. The second-order valence-corrected chi connectivity index (χ2v) is 5.24. The van der Waals surface area contributed by atoms with E-state index in [-0.39, 0.29) is 5.97 Å². The fourth-order valence-electron chi connectivity index (χ4n) is 2.04. The van der Waals surface area contributed by atoms with Gasteiger partial charge in [0.05, 0.1) is 7.11 Å². The van der Waals surface area contributed by atoms with Gasteiger partial charge in [-0.15, -0.1) is 11.3 Å². The van der Waals surface area contributed by atoms with Crippen molar-refractivity contribution in [1.82, 2.24) is 0 Å². The predicted molar refractivity (Wildman–Crippen MR) is 75.3 cm³/mol. The molecule has 0 radical (unpaired) electrons. The fourth-order valence-corrected chi connectivity index (χ4v) is 3.02. The minimum Gasteiger partial charge on any atom is -0.465 e. The van der Waals surface area contributed by atoms with Gasteiger partial charge in [-0.05, 0) is 48.4 Å². The van der Waals surface area contributed by atoms with Crippen LogP contribution in [0.2, 0.25) is 0 Å². The van der Waals surface area contributed by atoms with Gasteiger partial charge in [-0.3, -0.25) is 0 Å². The van der Waals surface area contributed by atoms with Crippen LogP contribution in [0.15, 0.2) is 23.6 Å². The van der Waals surface area contributed by atoms with Crippen LogP contribution in [-0.2, 0) is 4.74 Å². The normalized spacial score (nSPS) is 10.4. The quantitative estimate of drug-likeness (QED) is 0.759. The third-order valence-electron chi connectivity index (χ3n) is 3.22. The molecule has 94 valence electrons. The third-order valence-corrected chi connectivity index (χ3v) is 4.30. The van der Waals surface area contributed by atoms with Crippen LogP contribution >= 0.6 is 11.3 Å². The van der Waals surface area contributed by atoms with Gasteiger partial charge in [-0.2, -0.15) is 0 Å². The van der Waals surface area contributed by atoms with E-state index in [9.17, 15) is 4.79 Å². The fraction of sp³-hybridized carbons (Fsp3) is 0.267. The van der Waals surface area contributed by atoms with E-state index in [1.165, 1.54) is 29.6 Å². The molecule has 2 nitrogen and oxygen atoms in total. The molecule has 1 aromatic heterocycles. The highest BCUT2D eigenvalue weighted by Crippen LogP contribution is 2.35. The summed E-state index contributed by atoms with van der Waals surface area (Å²) >= 11 is 1.44. The SMILES string of the molecule is COC(=O)c1scc(C)c1-c1cccc(C)c1C. The molecule has 0 aliphatic carbocycles. The molecule has 0 unspecified atom stereocenters. The van der Waals surface area contributed by atoms with E-state index in [1.807, 2.05) is 18.4 Å². The summed E-state index contributed by atoms with van der Waals surface area (Å²) in [5.41, 5.74) is 5.69. The second kappa shape index (κ2) is 4.94. The van der Waals surface area contributed by atoms with Crippen molar-refractivity contribution in [2.45, 2.75) is 20.8 Å². The molecule has 0 bridgehead atoms. The standard InChI is InChI=1S/C15H16O2S/c1-9-6-5-7-12(11(9)3)13-10(2)8-18-14(13)15(16)17-4/h5-8H,1-4H3. The zero-order valence-corrected chi connectivity index (χ0v) is 11.9. The number of thiophene rings is 1. The maximum absolute atomic E-state index is 11.8. The largest absolute Gasteiger partial charge is 0.465 e. The van der Waals surface area contributed by atoms with Crippen LogP contribution in [0.1, 0.15) is 26.4 Å². The smallest absolute Gasteiger partial charge is 0.348 e. The number of carbonyl (C=O) groups is 1. The molecule has 2 rings (SSSR count). The van der Waals surface area contributed by atoms with Crippen molar-refractivity contribution in [3.63, 3.8) is 0 Å². The Labute approximate surface area is 111 Å². The van der Waals surface area contributed by atoms with Gasteiger partial charge < -0.3 is 4.74 Å². The summed E-state index contributed by atoms with van der Waals surface area (Å²) in [7, 11) is 1.42. The molecule has 18 heavy (non-hydrogen) atoms. The first-order valence-corrected chi connectivity index (χ1v) is 6.67. The summed E-state index contributed by atoms with van der Waals surface area (Å²) in [4.78, 5) is 12.5. The third kappa shape index (κ3) is 2.06. The molecule has 0 saturated carbocycles. The Bertz CT molecular complexity index is 597. The molecule has 0 N–H and O–H groups in total. The van der Waals surface area contributed by atoms with Gasteiger partial charge in [0.2, 0.25) is 0 Å². The van der Waals surface area contributed by atoms with Crippen molar-refractivity contribution >= 4 is 17.3 Å². The van der Waals surface area contributed by atoms with E-state index in [0.29, 0.717) is 4.88 Å². The van der Waals surface area contributed by atoms with Gasteiger partial charge in [0.15, 0.2) is 0 Å². The lowest BCUT2D eigenvalue weighted by molar-refractivity contribution is 0.0607. The molecule has 0 saturated heterocycles. The van der Waals surface area contributed by atoms with Crippen molar-refractivity contribution in [3.8, 4) is 11.1 Å². The highest BCUT2D eigenvalue weighted by molar-refractivity contribution is 7.12. The van der Waals surface area contributed by atoms with Crippen molar-refractivity contribution in [2.75, 3.05) is 7.11 Å². The molecule has 2 aromatic rings. The van der Waals surface area contributed by atoms with E-state index in [4.69, 9.17) is 4.74 Å². The van der Waals surface area contributed by atoms with Gasteiger partial charge in [0, 0.05) is 5.56 Å². The first-order valence-electron chi connectivity index (χ1n) is 5.79. The van der Waals surface area contributed by atoms with Crippen LogP contribution in [0.4, 0.5) is 0 Å². The second-order valence-electron chi connectivity index (χ2n) is 4.36. The lowest BCUT2D eigenvalue weighted by atomic mass is 9.95. The van der Waals surface area contributed by atoms with E-state index in [0.717, 1.165) is 16.7 Å². The van der Waals surface area contributed by atoms with Crippen molar-refractivity contribution in [3.05, 3.63) is 45.1 Å². The lowest BCUT2D eigenvalue weighted by Gasteiger charge is -2.10. The number of methoxy groups -OCH3 is 1. The highest BCUT2D eigenvalue weighted by atomic mass is 32.1. The number of hydrogen-bond acceptors (Lipinski definition) is 3. The first kappa shape index (κ1) is 12.8. The molecule has 0 amide bonds. The van der Waals surface area contributed by atoms with E-state index in [1.54, 1.807) is 0 Å². The molecule has 0 aliphatic heterocycles. The van der Waals surface area contributed by atoms with E-state index < -0.39 is 0 Å². The number of hydrogen-bond donors (Lipinski definition) is 0. The van der Waals surface area contributed by atoms with Crippen LogP contribution in [-0.4, -0.2) is 13.1 Å². The molecule has 1 aromatic carbocycles. The molecule has 0 aliphatic rings. The Hall–Kier alpha value is -1.61. The highest BCUT2D eigenvalue weighted by Gasteiger charge is 2.19. The number of carbonyl (C=O) groups excluding carboxylic acids is 1. The van der Waals surface area contributed by atoms with Gasteiger partial charge in [0.1, 0.15) is 4.88 Å². The van der Waals surface area contributed by atoms with Gasteiger partial charge >= 0.3 is 5.97 Å². The minimum absolute atomic E-state index is 0.260. The minimum atomic E-state index is -0.260. The van der Waals surface area contributed by atoms with Crippen LogP contribution in [0, 0.1) is 20.8 Å². The zero-order chi connectivity index (χ0) is 13.3. The van der Waals surface area contributed by atoms with Crippen molar-refractivity contribution < 1.29 is 9.53 Å². The number of ether oxygens (including phenoxy) is 1. The molecule has 1 heterocycles. The summed E-state index contributed by atoms with van der Waals surface area (Å²) in [6.45, 7) is 6.20. The van der Waals surface area contributed by atoms with Crippen LogP contribution < -0.4 is 0 Å². The Morgan fingerprint density at radius 3 is 2.56 bits per heavy atom. The number of benzene rings is 1. The van der Waals surface area contributed by atoms with E-state index >= 15 is 0 Å². The Kier molecular flexibility index (Phi) is 3.53. The Balaban J connectivity index is 2.67. The van der Waals surface area contributed by atoms with Gasteiger partial charge in [-0.1, -0.05) is 18.2 Å². The molecule has 0 fully saturated rings. The predicted octanol–water partition coefficient (Wildman–Crippen LogP) is 4.13. The average molecular weight is 260 g/mol. The topological polar surface area (TPSA) is 26.3 Å². The summed E-state index contributed by atoms with van der Waals surface area (Å²) in [5.74, 6) is -0.260. The van der Waals surface area contributed by atoms with Crippen LogP contribution in [0.5, 0.6) is 0 Å². The molecular weight excluding hydrogens is 244 g/mol. The van der Waals surface area contributed by atoms with Crippen molar-refractivity contribution in [2.24, 2.45) is 0 Å². The van der Waals surface area contributed by atoms with Gasteiger partial charge in [0.25, 0.3) is 0 Å².